The molecule has 1 heterocycles. The second-order valence-corrected chi connectivity index (χ2v) is 12.9. The Morgan fingerprint density at radius 2 is 1.76 bits per heavy atom. The molecule has 0 aromatic heterocycles. The normalized spacial score (nSPS) is 17.4. The number of hydrogen-bond donors (Lipinski definition) is 1. The monoisotopic (exact) mass is 469 g/mol. The first-order chi connectivity index (χ1) is 13.7. The van der Waals surface area contributed by atoms with E-state index in [1.165, 1.54) is 5.30 Å². The van der Waals surface area contributed by atoms with Crippen molar-refractivity contribution in [2.24, 2.45) is 4.74 Å². The second-order valence-electron chi connectivity index (χ2n) is 7.83. The van der Waals surface area contributed by atoms with E-state index in [0.29, 0.717) is 34.1 Å². The highest BCUT2D eigenvalue weighted by Crippen LogP contribution is 2.62. The second kappa shape index (κ2) is 9.47. The first kappa shape index (κ1) is 22.7. The van der Waals surface area contributed by atoms with Crippen molar-refractivity contribution in [2.45, 2.75) is 25.9 Å². The van der Waals surface area contributed by atoms with E-state index in [9.17, 15) is 0 Å². The fraction of sp³-hybridized carbons (Fsp3) is 0.381. The summed E-state index contributed by atoms with van der Waals surface area (Å²) in [4.78, 5) is 0. The van der Waals surface area contributed by atoms with E-state index in [1.54, 1.807) is 18.2 Å². The summed E-state index contributed by atoms with van der Waals surface area (Å²) in [6.07, 6.45) is 0. The molecule has 29 heavy (non-hydrogen) atoms. The lowest BCUT2D eigenvalue weighted by molar-refractivity contribution is 0.0738. The predicted octanol–water partition coefficient (Wildman–Crippen LogP) is 6.26. The first-order valence-electron chi connectivity index (χ1n) is 9.51. The molecule has 156 valence electrons. The van der Waals surface area contributed by atoms with Gasteiger partial charge in [0.05, 0.1) is 31.1 Å². The van der Waals surface area contributed by atoms with Crippen molar-refractivity contribution in [1.82, 2.24) is 4.67 Å². The van der Waals surface area contributed by atoms with E-state index >= 15 is 0 Å². The van der Waals surface area contributed by atoms with Crippen molar-refractivity contribution in [2.75, 3.05) is 31.6 Å². The number of ether oxygens (including phenoxy) is 1. The molecule has 0 radical (unpaired) electrons. The van der Waals surface area contributed by atoms with Gasteiger partial charge in [-0.1, -0.05) is 74.3 Å². The van der Waals surface area contributed by atoms with Crippen LogP contribution in [0.4, 0.5) is 5.69 Å². The van der Waals surface area contributed by atoms with Crippen LogP contribution in [0.2, 0.25) is 10.0 Å². The van der Waals surface area contributed by atoms with E-state index < -0.39 is 7.21 Å². The zero-order valence-corrected chi connectivity index (χ0v) is 20.1. The van der Waals surface area contributed by atoms with Crippen molar-refractivity contribution in [1.29, 1.82) is 0 Å². The molecule has 1 fully saturated rings. The maximum Gasteiger partial charge on any atom is 0.197 e. The van der Waals surface area contributed by atoms with Gasteiger partial charge in [0.2, 0.25) is 0 Å². The summed E-state index contributed by atoms with van der Waals surface area (Å²) in [5.41, 5.74) is 0.662. The van der Waals surface area contributed by atoms with Crippen molar-refractivity contribution in [3.8, 4) is 0 Å². The van der Waals surface area contributed by atoms with Gasteiger partial charge in [0.15, 0.2) is 5.11 Å². The topological polar surface area (TPSA) is 36.9 Å². The maximum absolute atomic E-state index is 6.33. The Labute approximate surface area is 188 Å². The quantitative estimate of drug-likeness (QED) is 0.424. The van der Waals surface area contributed by atoms with Gasteiger partial charge in [0, 0.05) is 28.6 Å². The van der Waals surface area contributed by atoms with Gasteiger partial charge in [-0.25, -0.2) is 4.74 Å². The molecule has 0 spiro atoms. The average Bonchev–Trinajstić information content (AvgIpc) is 2.69. The Kier molecular flexibility index (Phi) is 7.42. The average molecular weight is 470 g/mol. The third-order valence-electron chi connectivity index (χ3n) is 4.85. The van der Waals surface area contributed by atoms with E-state index in [1.807, 2.05) is 6.07 Å². The van der Waals surface area contributed by atoms with Gasteiger partial charge in [-0.15, -0.1) is 0 Å². The fourth-order valence-electron chi connectivity index (χ4n) is 3.59. The molecule has 8 heteroatoms. The van der Waals surface area contributed by atoms with Crippen LogP contribution < -0.4 is 10.6 Å². The summed E-state index contributed by atoms with van der Waals surface area (Å²) in [5, 5.41) is 5.83. The molecule has 0 aliphatic carbocycles. The molecule has 2 aromatic rings. The summed E-state index contributed by atoms with van der Waals surface area (Å²) in [6.45, 7) is 9.75. The summed E-state index contributed by atoms with van der Waals surface area (Å²) in [7, 11) is -2.23. The van der Waals surface area contributed by atoms with Crippen LogP contribution in [0.3, 0.4) is 0 Å². The number of nitrogens with zero attached hydrogens (tertiary/aromatic N) is 2. The standard InChI is InChI=1S/C21H26Cl2N3OPS/c1-21(2,3)28(17-7-5-4-6-8-17,26-11-13-27-14-12-26)25-20(29)24-19-15-16(22)9-10-18(19)23/h4-10,15H,11-14H2,1-3H3,(H,24,29). The van der Waals surface area contributed by atoms with Crippen LogP contribution in [0.25, 0.3) is 0 Å². The molecule has 0 saturated carbocycles. The van der Waals surface area contributed by atoms with E-state index in [4.69, 9.17) is 44.9 Å². The van der Waals surface area contributed by atoms with Crippen molar-refractivity contribution >= 4 is 58.7 Å². The fourth-order valence-corrected chi connectivity index (χ4v) is 8.53. The summed E-state index contributed by atoms with van der Waals surface area (Å²) in [5.74, 6) is 0. The maximum atomic E-state index is 6.33. The lowest BCUT2D eigenvalue weighted by Gasteiger charge is -2.46. The third kappa shape index (κ3) is 5.04. The van der Waals surface area contributed by atoms with Crippen molar-refractivity contribution in [3.05, 3.63) is 58.6 Å². The summed E-state index contributed by atoms with van der Waals surface area (Å²) in [6, 6.07) is 15.7. The van der Waals surface area contributed by atoms with E-state index in [-0.39, 0.29) is 5.16 Å². The number of benzene rings is 2. The molecular weight excluding hydrogens is 444 g/mol. The first-order valence-corrected chi connectivity index (χ1v) is 12.4. The van der Waals surface area contributed by atoms with Gasteiger partial charge in [-0.05, 0) is 30.4 Å². The molecule has 1 atom stereocenters. The number of halogens is 2. The van der Waals surface area contributed by atoms with Crippen LogP contribution in [-0.2, 0) is 4.74 Å². The lowest BCUT2D eigenvalue weighted by atomic mass is 10.3. The highest BCUT2D eigenvalue weighted by Gasteiger charge is 2.42. The Hall–Kier alpha value is -0.940. The van der Waals surface area contributed by atoms with Gasteiger partial charge >= 0.3 is 0 Å². The predicted molar refractivity (Wildman–Crippen MR) is 130 cm³/mol. The molecule has 2 aromatic carbocycles. The van der Waals surface area contributed by atoms with Gasteiger partial charge in [0.25, 0.3) is 0 Å². The molecular formula is C21H26Cl2N3OPS. The Bertz CT molecular complexity index is 925. The molecule has 1 unspecified atom stereocenters. The summed E-state index contributed by atoms with van der Waals surface area (Å²) >= 11 is 18.2. The molecule has 1 aliphatic heterocycles. The van der Waals surface area contributed by atoms with E-state index in [0.717, 1.165) is 13.1 Å². The molecule has 0 bridgehead atoms. The number of morpholine rings is 1. The molecule has 4 nitrogen and oxygen atoms in total. The largest absolute Gasteiger partial charge is 0.379 e. The molecule has 0 amide bonds. The number of nitrogens with one attached hydrogen (secondary N) is 1. The number of hydrogen-bond acceptors (Lipinski definition) is 2. The van der Waals surface area contributed by atoms with Crippen LogP contribution in [0.1, 0.15) is 20.8 Å². The molecule has 1 saturated heterocycles. The SMILES string of the molecule is CC(C)(C)P(=NC(=S)Nc1cc(Cl)ccc1Cl)(c1ccccc1)N1CCOCC1. The van der Waals surface area contributed by atoms with Crippen LogP contribution in [0.15, 0.2) is 53.3 Å². The lowest BCUT2D eigenvalue weighted by Crippen LogP contribution is -2.43. The highest BCUT2D eigenvalue weighted by atomic mass is 35.5. The number of rotatable bonds is 3. The minimum atomic E-state index is -2.23. The Morgan fingerprint density at radius 1 is 1.10 bits per heavy atom. The zero-order chi connectivity index (χ0) is 21.1. The minimum Gasteiger partial charge on any atom is -0.379 e. The van der Waals surface area contributed by atoms with Crippen molar-refractivity contribution in [3.63, 3.8) is 0 Å². The third-order valence-corrected chi connectivity index (χ3v) is 10.3. The van der Waals surface area contributed by atoms with E-state index in [2.05, 4.69) is 55.0 Å². The Balaban J connectivity index is 2.13. The van der Waals surface area contributed by atoms with Crippen LogP contribution in [-0.4, -0.2) is 41.2 Å². The van der Waals surface area contributed by atoms with Crippen molar-refractivity contribution < 1.29 is 4.74 Å². The molecule has 1 N–H and O–H groups in total. The Morgan fingerprint density at radius 3 is 2.38 bits per heavy atom. The smallest absolute Gasteiger partial charge is 0.197 e. The number of anilines is 1. The summed E-state index contributed by atoms with van der Waals surface area (Å²) < 4.78 is 13.3. The van der Waals surface area contributed by atoms with Crippen LogP contribution in [0.5, 0.6) is 0 Å². The van der Waals surface area contributed by atoms with Gasteiger partial charge in [-0.3, -0.25) is 4.67 Å². The highest BCUT2D eigenvalue weighted by molar-refractivity contribution is 7.82. The van der Waals surface area contributed by atoms with Crippen LogP contribution in [0, 0.1) is 0 Å². The van der Waals surface area contributed by atoms with Gasteiger partial charge in [0.1, 0.15) is 0 Å². The van der Waals surface area contributed by atoms with Gasteiger partial charge in [-0.2, -0.15) is 0 Å². The number of thiocarbonyl (C=S) groups is 1. The van der Waals surface area contributed by atoms with Crippen LogP contribution >= 0.6 is 42.6 Å². The minimum absolute atomic E-state index is 0.129. The zero-order valence-electron chi connectivity index (χ0n) is 16.9. The van der Waals surface area contributed by atoms with Gasteiger partial charge < -0.3 is 10.1 Å². The molecule has 3 rings (SSSR count). The molecule has 1 aliphatic rings.